The van der Waals surface area contributed by atoms with Crippen LogP contribution in [0.1, 0.15) is 25.6 Å². The van der Waals surface area contributed by atoms with E-state index >= 15 is 0 Å². The molecule has 1 heterocycles. The molecule has 0 saturated carbocycles. The van der Waals surface area contributed by atoms with E-state index in [-0.39, 0.29) is 0 Å². The van der Waals surface area contributed by atoms with E-state index in [0.29, 0.717) is 6.42 Å². The SMILES string of the molecule is CCCn1ccnc1CCC=O. The zero-order valence-corrected chi connectivity index (χ0v) is 7.36. The summed E-state index contributed by atoms with van der Waals surface area (Å²) < 4.78 is 2.10. The standard InChI is InChI=1S/C9H14N2O/c1-2-6-11-7-5-10-9(11)4-3-8-12/h5,7-8H,2-4,6H2,1H3. The van der Waals surface area contributed by atoms with Crippen LogP contribution in [0, 0.1) is 0 Å². The van der Waals surface area contributed by atoms with Gasteiger partial charge in [0.25, 0.3) is 0 Å². The molecule has 3 heteroatoms. The van der Waals surface area contributed by atoms with Crippen LogP contribution in [-0.4, -0.2) is 15.8 Å². The highest BCUT2D eigenvalue weighted by Crippen LogP contribution is 2.01. The lowest BCUT2D eigenvalue weighted by molar-refractivity contribution is -0.107. The van der Waals surface area contributed by atoms with Crippen LogP contribution in [0.15, 0.2) is 12.4 Å². The van der Waals surface area contributed by atoms with E-state index in [1.807, 2.05) is 6.20 Å². The first kappa shape index (κ1) is 8.97. The maximum Gasteiger partial charge on any atom is 0.120 e. The monoisotopic (exact) mass is 166 g/mol. The largest absolute Gasteiger partial charge is 0.335 e. The van der Waals surface area contributed by atoms with E-state index in [4.69, 9.17) is 0 Å². The Morgan fingerprint density at radius 2 is 2.50 bits per heavy atom. The number of imidazole rings is 1. The molecular formula is C9H14N2O. The lowest BCUT2D eigenvalue weighted by atomic mass is 10.3. The summed E-state index contributed by atoms with van der Waals surface area (Å²) >= 11 is 0. The number of carbonyl (C=O) groups is 1. The van der Waals surface area contributed by atoms with Crippen LogP contribution in [0.25, 0.3) is 0 Å². The average Bonchev–Trinajstić information content (AvgIpc) is 2.50. The van der Waals surface area contributed by atoms with Crippen molar-refractivity contribution in [2.45, 2.75) is 32.7 Å². The summed E-state index contributed by atoms with van der Waals surface area (Å²) in [6, 6.07) is 0. The van der Waals surface area contributed by atoms with Gasteiger partial charge in [0.15, 0.2) is 0 Å². The maximum atomic E-state index is 10.1. The number of rotatable bonds is 5. The summed E-state index contributed by atoms with van der Waals surface area (Å²) in [5.41, 5.74) is 0. The lowest BCUT2D eigenvalue weighted by Gasteiger charge is -2.03. The van der Waals surface area contributed by atoms with Gasteiger partial charge in [-0.15, -0.1) is 0 Å². The van der Waals surface area contributed by atoms with Gasteiger partial charge in [0.2, 0.25) is 0 Å². The Labute approximate surface area is 72.4 Å². The molecule has 0 aromatic carbocycles. The number of aromatic nitrogens is 2. The van der Waals surface area contributed by atoms with Crippen molar-refractivity contribution < 1.29 is 4.79 Å². The number of hydrogen-bond acceptors (Lipinski definition) is 2. The van der Waals surface area contributed by atoms with Gasteiger partial charge in [0, 0.05) is 31.8 Å². The van der Waals surface area contributed by atoms with E-state index in [2.05, 4.69) is 16.5 Å². The minimum Gasteiger partial charge on any atom is -0.335 e. The van der Waals surface area contributed by atoms with Gasteiger partial charge in [-0.2, -0.15) is 0 Å². The Morgan fingerprint density at radius 1 is 1.67 bits per heavy atom. The van der Waals surface area contributed by atoms with Crippen LogP contribution in [0.2, 0.25) is 0 Å². The Morgan fingerprint density at radius 3 is 3.17 bits per heavy atom. The molecule has 1 aromatic heterocycles. The van der Waals surface area contributed by atoms with E-state index in [0.717, 1.165) is 31.5 Å². The summed E-state index contributed by atoms with van der Waals surface area (Å²) in [6.07, 6.45) is 7.12. The Balaban J connectivity index is 2.56. The van der Waals surface area contributed by atoms with Gasteiger partial charge >= 0.3 is 0 Å². The number of nitrogens with zero attached hydrogens (tertiary/aromatic N) is 2. The maximum absolute atomic E-state index is 10.1. The fraction of sp³-hybridized carbons (Fsp3) is 0.556. The van der Waals surface area contributed by atoms with Crippen LogP contribution >= 0.6 is 0 Å². The predicted octanol–water partition coefficient (Wildman–Crippen LogP) is 1.42. The number of aldehydes is 1. The minimum atomic E-state index is 0.570. The Bertz CT molecular complexity index is 242. The van der Waals surface area contributed by atoms with Crippen molar-refractivity contribution in [3.05, 3.63) is 18.2 Å². The Kier molecular flexibility index (Phi) is 3.51. The molecule has 0 N–H and O–H groups in total. The van der Waals surface area contributed by atoms with E-state index in [9.17, 15) is 4.79 Å². The van der Waals surface area contributed by atoms with Crippen molar-refractivity contribution in [2.24, 2.45) is 0 Å². The third kappa shape index (κ3) is 2.19. The second kappa shape index (κ2) is 4.70. The lowest BCUT2D eigenvalue weighted by Crippen LogP contribution is -2.02. The van der Waals surface area contributed by atoms with Crippen molar-refractivity contribution in [2.75, 3.05) is 0 Å². The highest BCUT2D eigenvalue weighted by atomic mass is 16.1. The molecule has 1 rings (SSSR count). The van der Waals surface area contributed by atoms with Gasteiger partial charge < -0.3 is 9.36 Å². The molecule has 3 nitrogen and oxygen atoms in total. The number of hydrogen-bond donors (Lipinski definition) is 0. The summed E-state index contributed by atoms with van der Waals surface area (Å²) in [5.74, 6) is 1.02. The fourth-order valence-corrected chi connectivity index (χ4v) is 1.20. The molecule has 0 radical (unpaired) electrons. The molecule has 0 unspecified atom stereocenters. The smallest absolute Gasteiger partial charge is 0.120 e. The summed E-state index contributed by atoms with van der Waals surface area (Å²) in [7, 11) is 0. The molecule has 0 spiro atoms. The number of carbonyl (C=O) groups excluding carboxylic acids is 1. The van der Waals surface area contributed by atoms with Crippen LogP contribution in [0.5, 0.6) is 0 Å². The van der Waals surface area contributed by atoms with E-state index in [1.165, 1.54) is 0 Å². The highest BCUT2D eigenvalue weighted by Gasteiger charge is 1.99. The van der Waals surface area contributed by atoms with Gasteiger partial charge in [-0.25, -0.2) is 4.98 Å². The predicted molar refractivity (Wildman–Crippen MR) is 46.9 cm³/mol. The Hall–Kier alpha value is -1.12. The first-order valence-electron chi connectivity index (χ1n) is 4.32. The molecule has 0 fully saturated rings. The second-order valence-corrected chi connectivity index (χ2v) is 2.74. The van der Waals surface area contributed by atoms with E-state index in [1.54, 1.807) is 6.20 Å². The van der Waals surface area contributed by atoms with Gasteiger partial charge in [-0.05, 0) is 6.42 Å². The van der Waals surface area contributed by atoms with Gasteiger partial charge in [0.05, 0.1) is 0 Å². The minimum absolute atomic E-state index is 0.570. The molecule has 0 aliphatic carbocycles. The summed E-state index contributed by atoms with van der Waals surface area (Å²) in [6.45, 7) is 3.12. The first-order valence-corrected chi connectivity index (χ1v) is 4.32. The normalized spacial score (nSPS) is 10.1. The number of aryl methyl sites for hydroxylation is 2. The van der Waals surface area contributed by atoms with Crippen LogP contribution in [0.3, 0.4) is 0 Å². The molecule has 0 aliphatic rings. The highest BCUT2D eigenvalue weighted by molar-refractivity contribution is 5.49. The zero-order chi connectivity index (χ0) is 8.81. The summed E-state index contributed by atoms with van der Waals surface area (Å²) in [4.78, 5) is 14.3. The molecule has 0 bridgehead atoms. The zero-order valence-electron chi connectivity index (χ0n) is 7.36. The van der Waals surface area contributed by atoms with Gasteiger partial charge in [-0.1, -0.05) is 6.92 Å². The van der Waals surface area contributed by atoms with Crippen molar-refractivity contribution in [3.63, 3.8) is 0 Å². The van der Waals surface area contributed by atoms with Gasteiger partial charge in [0.1, 0.15) is 12.1 Å². The molecular weight excluding hydrogens is 152 g/mol. The van der Waals surface area contributed by atoms with Crippen LogP contribution in [-0.2, 0) is 17.8 Å². The molecule has 0 saturated heterocycles. The molecule has 0 aliphatic heterocycles. The van der Waals surface area contributed by atoms with Gasteiger partial charge in [-0.3, -0.25) is 0 Å². The molecule has 12 heavy (non-hydrogen) atoms. The van der Waals surface area contributed by atoms with Crippen LogP contribution < -0.4 is 0 Å². The molecule has 0 atom stereocenters. The van der Waals surface area contributed by atoms with Crippen molar-refractivity contribution >= 4 is 6.29 Å². The molecule has 0 amide bonds. The molecule has 66 valence electrons. The van der Waals surface area contributed by atoms with Crippen molar-refractivity contribution in [3.8, 4) is 0 Å². The fourth-order valence-electron chi connectivity index (χ4n) is 1.20. The molecule has 1 aromatic rings. The van der Waals surface area contributed by atoms with Crippen molar-refractivity contribution in [1.29, 1.82) is 0 Å². The topological polar surface area (TPSA) is 34.9 Å². The first-order chi connectivity index (χ1) is 5.88. The van der Waals surface area contributed by atoms with Crippen LogP contribution in [0.4, 0.5) is 0 Å². The van der Waals surface area contributed by atoms with Crippen molar-refractivity contribution in [1.82, 2.24) is 9.55 Å². The van der Waals surface area contributed by atoms with E-state index < -0.39 is 0 Å². The quantitative estimate of drug-likeness (QED) is 0.620. The summed E-state index contributed by atoms with van der Waals surface area (Å²) in [5, 5.41) is 0. The third-order valence-electron chi connectivity index (χ3n) is 1.75. The second-order valence-electron chi connectivity index (χ2n) is 2.74. The average molecular weight is 166 g/mol. The third-order valence-corrected chi connectivity index (χ3v) is 1.75.